The summed E-state index contributed by atoms with van der Waals surface area (Å²) in [4.78, 5) is 14.7. The minimum absolute atomic E-state index is 0.0616. The van der Waals surface area contributed by atoms with Crippen LogP contribution in [0.3, 0.4) is 0 Å². The van der Waals surface area contributed by atoms with Gasteiger partial charge in [0.05, 0.1) is 17.3 Å². The monoisotopic (exact) mass is 344 g/mol. The number of piperidine rings is 1. The van der Waals surface area contributed by atoms with Gasteiger partial charge in [-0.2, -0.15) is 0 Å². The van der Waals surface area contributed by atoms with Gasteiger partial charge in [-0.25, -0.2) is 0 Å². The molecule has 24 heavy (non-hydrogen) atoms. The fourth-order valence-electron chi connectivity index (χ4n) is 3.04. The van der Waals surface area contributed by atoms with Gasteiger partial charge in [-0.3, -0.25) is 4.79 Å². The van der Waals surface area contributed by atoms with E-state index in [2.05, 4.69) is 5.32 Å². The molecule has 1 N–H and O–H groups in total. The van der Waals surface area contributed by atoms with Gasteiger partial charge in [0.2, 0.25) is 5.91 Å². The first-order valence-electron chi connectivity index (χ1n) is 8.09. The maximum absolute atomic E-state index is 12.9. The van der Waals surface area contributed by atoms with Crippen LogP contribution in [0.15, 0.2) is 48.5 Å². The normalized spacial score (nSPS) is 17.8. The molecule has 2 aromatic carbocycles. The lowest BCUT2D eigenvalue weighted by Crippen LogP contribution is -2.47. The quantitative estimate of drug-likeness (QED) is 0.888. The highest BCUT2D eigenvalue weighted by Gasteiger charge is 2.30. The van der Waals surface area contributed by atoms with Crippen molar-refractivity contribution in [2.75, 3.05) is 23.9 Å². The van der Waals surface area contributed by atoms with Crippen LogP contribution in [0.5, 0.6) is 0 Å². The third kappa shape index (κ3) is 3.71. The maximum Gasteiger partial charge on any atom is 0.249 e. The number of methoxy groups -OCH3 is 1. The summed E-state index contributed by atoms with van der Waals surface area (Å²) in [7, 11) is 1.67. The molecule has 5 heteroatoms. The first kappa shape index (κ1) is 16.8. The van der Waals surface area contributed by atoms with Crippen molar-refractivity contribution in [2.24, 2.45) is 0 Å². The van der Waals surface area contributed by atoms with Crippen molar-refractivity contribution < 1.29 is 9.53 Å². The molecule has 0 spiro atoms. The van der Waals surface area contributed by atoms with Gasteiger partial charge >= 0.3 is 0 Å². The second-order valence-electron chi connectivity index (χ2n) is 5.91. The zero-order chi connectivity index (χ0) is 16.9. The molecule has 1 aliphatic heterocycles. The summed E-state index contributed by atoms with van der Waals surface area (Å²) in [6.07, 6.45) is 1.75. The molecule has 2 aromatic rings. The number of amides is 1. The van der Waals surface area contributed by atoms with E-state index in [1.165, 1.54) is 0 Å². The molecule has 3 rings (SSSR count). The van der Waals surface area contributed by atoms with Gasteiger partial charge in [0.1, 0.15) is 6.04 Å². The van der Waals surface area contributed by atoms with Crippen LogP contribution in [0.25, 0.3) is 0 Å². The fourth-order valence-corrected chi connectivity index (χ4v) is 3.28. The maximum atomic E-state index is 12.9. The lowest BCUT2D eigenvalue weighted by molar-refractivity contribution is -0.120. The van der Waals surface area contributed by atoms with Crippen LogP contribution in [-0.4, -0.2) is 25.6 Å². The Morgan fingerprint density at radius 3 is 2.88 bits per heavy atom. The second-order valence-corrected chi connectivity index (χ2v) is 6.32. The van der Waals surface area contributed by atoms with E-state index in [0.717, 1.165) is 29.8 Å². The van der Waals surface area contributed by atoms with Crippen LogP contribution in [0, 0.1) is 0 Å². The molecule has 1 heterocycles. The van der Waals surface area contributed by atoms with E-state index in [1.54, 1.807) is 12.0 Å². The molecular formula is C19H21ClN2O2. The highest BCUT2D eigenvalue weighted by Crippen LogP contribution is 2.29. The number of halogens is 1. The van der Waals surface area contributed by atoms with E-state index in [-0.39, 0.29) is 11.9 Å². The molecule has 0 aliphatic carbocycles. The first-order chi connectivity index (χ1) is 11.7. The molecule has 0 aromatic heterocycles. The summed E-state index contributed by atoms with van der Waals surface area (Å²) in [6, 6.07) is 15.2. The number of carbonyl (C=O) groups is 1. The van der Waals surface area contributed by atoms with Crippen molar-refractivity contribution in [3.8, 4) is 0 Å². The third-order valence-electron chi connectivity index (χ3n) is 4.16. The van der Waals surface area contributed by atoms with E-state index < -0.39 is 0 Å². The highest BCUT2D eigenvalue weighted by atomic mass is 35.5. The van der Waals surface area contributed by atoms with Gasteiger partial charge in [-0.05, 0) is 42.7 Å². The third-order valence-corrected chi connectivity index (χ3v) is 4.48. The number of nitrogens with zero attached hydrogens (tertiary/aromatic N) is 1. The lowest BCUT2D eigenvalue weighted by Gasteiger charge is -2.33. The van der Waals surface area contributed by atoms with Crippen molar-refractivity contribution >= 4 is 28.9 Å². The number of rotatable bonds is 5. The predicted molar refractivity (Wildman–Crippen MR) is 97.6 cm³/mol. The molecule has 0 radical (unpaired) electrons. The second kappa shape index (κ2) is 7.69. The van der Waals surface area contributed by atoms with Gasteiger partial charge in [-0.1, -0.05) is 35.9 Å². The minimum atomic E-state index is -0.243. The van der Waals surface area contributed by atoms with E-state index in [4.69, 9.17) is 16.3 Å². The van der Waals surface area contributed by atoms with E-state index in [1.807, 2.05) is 48.5 Å². The van der Waals surface area contributed by atoms with E-state index in [9.17, 15) is 4.79 Å². The Bertz CT molecular complexity index is 720. The Kier molecular flexibility index (Phi) is 5.38. The van der Waals surface area contributed by atoms with Crippen molar-refractivity contribution in [2.45, 2.75) is 25.5 Å². The van der Waals surface area contributed by atoms with Gasteiger partial charge in [0, 0.05) is 19.3 Å². The molecule has 1 atom stereocenters. The van der Waals surface area contributed by atoms with Gasteiger partial charge in [-0.15, -0.1) is 0 Å². The Hall–Kier alpha value is -2.04. The van der Waals surface area contributed by atoms with Crippen molar-refractivity contribution in [1.29, 1.82) is 0 Å². The number of para-hydroxylation sites is 1. The van der Waals surface area contributed by atoms with Crippen molar-refractivity contribution in [3.63, 3.8) is 0 Å². The zero-order valence-corrected chi connectivity index (χ0v) is 14.4. The molecule has 1 unspecified atom stereocenters. The summed E-state index contributed by atoms with van der Waals surface area (Å²) < 4.78 is 5.16. The number of carbonyl (C=O) groups excluding carboxylic acids is 1. The zero-order valence-electron chi connectivity index (χ0n) is 13.7. The topological polar surface area (TPSA) is 41.6 Å². The van der Waals surface area contributed by atoms with Crippen molar-refractivity contribution in [3.05, 3.63) is 59.1 Å². The smallest absolute Gasteiger partial charge is 0.249 e. The molecule has 1 aliphatic rings. The van der Waals surface area contributed by atoms with Gasteiger partial charge < -0.3 is 15.0 Å². The fraction of sp³-hybridized carbons (Fsp3) is 0.316. The van der Waals surface area contributed by atoms with Crippen LogP contribution >= 0.6 is 11.6 Å². The predicted octanol–water partition coefficient (Wildman–Crippen LogP) is 4.09. The molecular weight excluding hydrogens is 324 g/mol. The number of hydrogen-bond donors (Lipinski definition) is 1. The Labute approximate surface area is 147 Å². The van der Waals surface area contributed by atoms with E-state index >= 15 is 0 Å². The van der Waals surface area contributed by atoms with Crippen LogP contribution in [-0.2, 0) is 16.1 Å². The van der Waals surface area contributed by atoms with Crippen LogP contribution in [0.1, 0.15) is 18.4 Å². The van der Waals surface area contributed by atoms with Gasteiger partial charge in [0.15, 0.2) is 0 Å². The lowest BCUT2D eigenvalue weighted by atomic mass is 10.0. The molecule has 126 valence electrons. The number of hydrogen-bond acceptors (Lipinski definition) is 3. The van der Waals surface area contributed by atoms with Crippen LogP contribution in [0.4, 0.5) is 11.4 Å². The molecule has 4 nitrogen and oxygen atoms in total. The average Bonchev–Trinajstić information content (AvgIpc) is 2.58. The molecule has 1 amide bonds. The Morgan fingerprint density at radius 2 is 2.08 bits per heavy atom. The van der Waals surface area contributed by atoms with Crippen LogP contribution in [0.2, 0.25) is 5.02 Å². The first-order valence-corrected chi connectivity index (χ1v) is 8.47. The van der Waals surface area contributed by atoms with Crippen molar-refractivity contribution in [1.82, 2.24) is 0 Å². The van der Waals surface area contributed by atoms with Crippen LogP contribution < -0.4 is 10.2 Å². The largest absolute Gasteiger partial charge is 0.380 e. The SMILES string of the molecule is COCc1cccc(NC2CCCN(c3ccccc3Cl)C2=O)c1. The summed E-state index contributed by atoms with van der Waals surface area (Å²) >= 11 is 6.26. The summed E-state index contributed by atoms with van der Waals surface area (Å²) in [5, 5.41) is 3.96. The Balaban J connectivity index is 1.76. The van der Waals surface area contributed by atoms with E-state index in [0.29, 0.717) is 18.2 Å². The Morgan fingerprint density at radius 1 is 1.25 bits per heavy atom. The molecule has 1 saturated heterocycles. The number of ether oxygens (including phenoxy) is 1. The highest BCUT2D eigenvalue weighted by molar-refractivity contribution is 6.33. The van der Waals surface area contributed by atoms with Gasteiger partial charge in [0.25, 0.3) is 0 Å². The number of anilines is 2. The molecule has 0 saturated carbocycles. The number of nitrogens with one attached hydrogen (secondary N) is 1. The summed E-state index contributed by atoms with van der Waals surface area (Å²) in [5.74, 6) is 0.0616. The summed E-state index contributed by atoms with van der Waals surface area (Å²) in [6.45, 7) is 1.25. The number of benzene rings is 2. The average molecular weight is 345 g/mol. The molecule has 1 fully saturated rings. The minimum Gasteiger partial charge on any atom is -0.380 e. The summed E-state index contributed by atoms with van der Waals surface area (Å²) in [5.41, 5.74) is 2.79. The molecule has 0 bridgehead atoms. The standard InChI is InChI=1S/C19H21ClN2O2/c1-24-13-14-6-4-7-15(12-14)21-17-9-5-11-22(19(17)23)18-10-3-2-8-16(18)20/h2-4,6-8,10,12,17,21H,5,9,11,13H2,1H3.